The van der Waals surface area contributed by atoms with Crippen LogP contribution >= 0.6 is 0 Å². The van der Waals surface area contributed by atoms with Gasteiger partial charge >= 0.3 is 12.1 Å². The van der Waals surface area contributed by atoms with Gasteiger partial charge in [-0.2, -0.15) is 0 Å². The van der Waals surface area contributed by atoms with E-state index in [1.807, 2.05) is 7.05 Å². The second-order valence-corrected chi connectivity index (χ2v) is 9.51. The Morgan fingerprint density at radius 1 is 1.25 bits per heavy atom. The molecule has 9 nitrogen and oxygen atoms in total. The summed E-state index contributed by atoms with van der Waals surface area (Å²) >= 11 is 0. The molecule has 0 spiro atoms. The maximum atomic E-state index is 14.7. The molecule has 202 valence electrons. The number of halogens is 2. The molecule has 36 heavy (non-hydrogen) atoms. The van der Waals surface area contributed by atoms with Crippen LogP contribution in [0, 0.1) is 23.5 Å². The Labute approximate surface area is 210 Å². The van der Waals surface area contributed by atoms with E-state index in [9.17, 15) is 18.4 Å². The minimum Gasteiger partial charge on any atom is -0.465 e. The lowest BCUT2D eigenvalue weighted by Crippen LogP contribution is -2.52. The molecular weight excluding hydrogens is 474 g/mol. The first kappa shape index (κ1) is 28.1. The summed E-state index contributed by atoms with van der Waals surface area (Å²) < 4.78 is 40.0. The van der Waals surface area contributed by atoms with Gasteiger partial charge in [0.05, 0.1) is 12.7 Å². The summed E-state index contributed by atoms with van der Waals surface area (Å²) in [6.45, 7) is 3.03. The molecule has 3 amide bonds. The van der Waals surface area contributed by atoms with E-state index >= 15 is 0 Å². The zero-order chi connectivity index (χ0) is 25.9. The fraction of sp³-hybridized carbons (Fsp3) is 0.680. The first-order valence-corrected chi connectivity index (χ1v) is 12.7. The van der Waals surface area contributed by atoms with Crippen LogP contribution in [0.4, 0.5) is 18.4 Å². The Bertz CT molecular complexity index is 856. The fourth-order valence-corrected chi connectivity index (χ4v) is 5.10. The Morgan fingerprint density at radius 2 is 2.03 bits per heavy atom. The van der Waals surface area contributed by atoms with Gasteiger partial charge in [0.15, 0.2) is 11.6 Å². The number of amides is 3. The molecule has 4 N–H and O–H groups in total. The molecule has 0 radical (unpaired) electrons. The number of carbonyl (C=O) groups excluding carboxylic acids is 1. The number of hydrogen-bond donors (Lipinski definition) is 4. The SMILES string of the molecule is CNC[C@H](CC1CCOCC1)NC(=O)N1CCC[C@@H]([C@@H](OCCNC(=O)O)c2cccc(F)c2F)C1. The van der Waals surface area contributed by atoms with Gasteiger partial charge in [0.2, 0.25) is 0 Å². The van der Waals surface area contributed by atoms with E-state index in [-0.39, 0.29) is 36.7 Å². The van der Waals surface area contributed by atoms with Crippen LogP contribution in [0.5, 0.6) is 0 Å². The van der Waals surface area contributed by atoms with Gasteiger partial charge < -0.3 is 35.4 Å². The van der Waals surface area contributed by atoms with Gasteiger partial charge in [0.1, 0.15) is 0 Å². The Hall–Kier alpha value is -2.50. The zero-order valence-electron chi connectivity index (χ0n) is 20.8. The van der Waals surface area contributed by atoms with Crippen molar-refractivity contribution < 1.29 is 33.0 Å². The average molecular weight is 513 g/mol. The molecular formula is C25H38F2N4O5. The number of benzene rings is 1. The van der Waals surface area contributed by atoms with Gasteiger partial charge in [0.25, 0.3) is 0 Å². The van der Waals surface area contributed by atoms with Crippen molar-refractivity contribution in [1.29, 1.82) is 0 Å². The zero-order valence-corrected chi connectivity index (χ0v) is 20.8. The van der Waals surface area contributed by atoms with Crippen LogP contribution in [0.1, 0.15) is 43.8 Å². The number of carbonyl (C=O) groups is 2. The van der Waals surface area contributed by atoms with E-state index in [1.165, 1.54) is 12.1 Å². The van der Waals surface area contributed by atoms with Crippen molar-refractivity contribution in [2.45, 2.75) is 44.2 Å². The fourth-order valence-electron chi connectivity index (χ4n) is 5.10. The van der Waals surface area contributed by atoms with Gasteiger partial charge in [-0.3, -0.25) is 0 Å². The minimum atomic E-state index is -1.19. The minimum absolute atomic E-state index is 0.00897. The number of hydrogen-bond acceptors (Lipinski definition) is 5. The molecule has 0 aromatic heterocycles. The predicted octanol–water partition coefficient (Wildman–Crippen LogP) is 3.12. The van der Waals surface area contributed by atoms with Crippen LogP contribution in [0.25, 0.3) is 0 Å². The summed E-state index contributed by atoms with van der Waals surface area (Å²) in [5.74, 6) is -1.73. The number of ether oxygens (including phenoxy) is 2. The largest absolute Gasteiger partial charge is 0.465 e. The molecule has 2 saturated heterocycles. The van der Waals surface area contributed by atoms with Gasteiger partial charge in [-0.05, 0) is 51.1 Å². The summed E-state index contributed by atoms with van der Waals surface area (Å²) in [6, 6.07) is 3.73. The quantitative estimate of drug-likeness (QED) is 0.339. The molecule has 1 aromatic rings. The molecule has 3 rings (SSSR count). The third-order valence-corrected chi connectivity index (χ3v) is 6.87. The van der Waals surface area contributed by atoms with Crippen molar-refractivity contribution >= 4 is 12.1 Å². The van der Waals surface area contributed by atoms with Crippen molar-refractivity contribution in [3.63, 3.8) is 0 Å². The summed E-state index contributed by atoms with van der Waals surface area (Å²) in [4.78, 5) is 25.7. The van der Waals surface area contributed by atoms with Gasteiger partial charge in [-0.1, -0.05) is 12.1 Å². The topological polar surface area (TPSA) is 112 Å². The highest BCUT2D eigenvalue weighted by atomic mass is 19.2. The van der Waals surface area contributed by atoms with Crippen molar-refractivity contribution in [3.05, 3.63) is 35.4 Å². The van der Waals surface area contributed by atoms with Crippen molar-refractivity contribution in [2.75, 3.05) is 53.0 Å². The summed E-state index contributed by atoms with van der Waals surface area (Å²) in [5.41, 5.74) is 0.0742. The summed E-state index contributed by atoms with van der Waals surface area (Å²) in [5, 5.41) is 17.3. The molecule has 0 unspecified atom stereocenters. The number of likely N-dealkylation sites (tertiary alicyclic amines) is 1. The average Bonchev–Trinajstić information content (AvgIpc) is 2.87. The lowest BCUT2D eigenvalue weighted by molar-refractivity contribution is -0.0108. The number of rotatable bonds is 11. The van der Waals surface area contributed by atoms with Crippen LogP contribution in [-0.4, -0.2) is 81.2 Å². The Kier molecular flexibility index (Phi) is 11.1. The molecule has 2 aliphatic heterocycles. The van der Waals surface area contributed by atoms with Gasteiger partial charge in [0, 0.05) is 56.9 Å². The lowest BCUT2D eigenvalue weighted by atomic mass is 9.88. The maximum Gasteiger partial charge on any atom is 0.404 e. The second kappa shape index (κ2) is 14.3. The van der Waals surface area contributed by atoms with E-state index in [0.717, 1.165) is 38.5 Å². The monoisotopic (exact) mass is 512 g/mol. The molecule has 11 heteroatoms. The molecule has 0 saturated carbocycles. The summed E-state index contributed by atoms with van der Waals surface area (Å²) in [7, 11) is 1.86. The molecule has 2 heterocycles. The normalized spacial score (nSPS) is 20.5. The third kappa shape index (κ3) is 8.28. The highest BCUT2D eigenvalue weighted by Gasteiger charge is 2.34. The van der Waals surface area contributed by atoms with E-state index < -0.39 is 23.8 Å². The highest BCUT2D eigenvalue weighted by molar-refractivity contribution is 5.74. The number of urea groups is 1. The first-order valence-electron chi connectivity index (χ1n) is 12.7. The highest BCUT2D eigenvalue weighted by Crippen LogP contribution is 2.35. The van der Waals surface area contributed by atoms with Crippen LogP contribution in [0.3, 0.4) is 0 Å². The Morgan fingerprint density at radius 3 is 2.75 bits per heavy atom. The third-order valence-electron chi connectivity index (χ3n) is 6.87. The Balaban J connectivity index is 1.66. The van der Waals surface area contributed by atoms with Crippen LogP contribution in [0.2, 0.25) is 0 Å². The molecule has 2 aliphatic rings. The van der Waals surface area contributed by atoms with Crippen LogP contribution in [0.15, 0.2) is 18.2 Å². The molecule has 3 atom stereocenters. The van der Waals surface area contributed by atoms with Crippen molar-refractivity contribution in [1.82, 2.24) is 20.9 Å². The van der Waals surface area contributed by atoms with Crippen LogP contribution < -0.4 is 16.0 Å². The van der Waals surface area contributed by atoms with Crippen molar-refractivity contribution in [2.24, 2.45) is 11.8 Å². The van der Waals surface area contributed by atoms with E-state index in [0.29, 0.717) is 38.4 Å². The smallest absolute Gasteiger partial charge is 0.404 e. The lowest BCUT2D eigenvalue weighted by Gasteiger charge is -2.38. The van der Waals surface area contributed by atoms with Crippen molar-refractivity contribution in [3.8, 4) is 0 Å². The number of piperidine rings is 1. The first-order chi connectivity index (χ1) is 17.4. The second-order valence-electron chi connectivity index (χ2n) is 9.51. The van der Waals surface area contributed by atoms with E-state index in [2.05, 4.69) is 16.0 Å². The maximum absolute atomic E-state index is 14.7. The predicted molar refractivity (Wildman–Crippen MR) is 130 cm³/mol. The van der Waals surface area contributed by atoms with E-state index in [1.54, 1.807) is 4.90 Å². The summed E-state index contributed by atoms with van der Waals surface area (Å²) in [6.07, 6.45) is 2.18. The van der Waals surface area contributed by atoms with Crippen LogP contribution in [-0.2, 0) is 9.47 Å². The van der Waals surface area contributed by atoms with Gasteiger partial charge in [-0.25, -0.2) is 18.4 Å². The van der Waals surface area contributed by atoms with E-state index in [4.69, 9.17) is 14.6 Å². The molecule has 0 bridgehead atoms. The molecule has 0 aliphatic carbocycles. The number of likely N-dealkylation sites (N-methyl/N-ethyl adjacent to an activating group) is 1. The number of nitrogens with one attached hydrogen (secondary N) is 3. The molecule has 1 aromatic carbocycles. The molecule has 2 fully saturated rings. The number of nitrogens with zero attached hydrogens (tertiary/aromatic N) is 1. The number of carboxylic acid groups (broad SMARTS) is 1. The van der Waals surface area contributed by atoms with Gasteiger partial charge in [-0.15, -0.1) is 0 Å². The standard InChI is InChI=1S/C25H38F2N4O5/c1-28-15-19(14-17-7-11-35-12-8-17)30-24(32)31-10-3-4-18(16-31)23(36-13-9-29-25(33)34)20-5-2-6-21(26)22(20)27/h2,5-6,17-19,23,28-29H,3-4,7-16H2,1H3,(H,30,32)(H,33,34)/t18-,19+,23-/m1/s1.